The van der Waals surface area contributed by atoms with Crippen LogP contribution < -0.4 is 0 Å². The zero-order valence-corrected chi connectivity index (χ0v) is 15.9. The smallest absolute Gasteiger partial charge is 0.223 e. The minimum absolute atomic E-state index is 0.0611. The number of benzene rings is 2. The van der Waals surface area contributed by atoms with Crippen molar-refractivity contribution >= 4 is 40.0 Å². The minimum Gasteiger partial charge on any atom is -0.361 e. The average Bonchev–Trinajstić information content (AvgIpc) is 3.32. The first-order chi connectivity index (χ1) is 12.6. The van der Waals surface area contributed by atoms with E-state index in [2.05, 4.69) is 11.1 Å². The summed E-state index contributed by atoms with van der Waals surface area (Å²) >= 11 is 12.4. The van der Waals surface area contributed by atoms with Crippen molar-refractivity contribution in [2.45, 2.75) is 25.2 Å². The summed E-state index contributed by atoms with van der Waals surface area (Å²) in [4.78, 5) is 18.2. The molecule has 0 radical (unpaired) electrons. The first-order valence-electron chi connectivity index (χ1n) is 8.92. The zero-order valence-electron chi connectivity index (χ0n) is 14.3. The highest BCUT2D eigenvalue weighted by atomic mass is 35.5. The average molecular weight is 387 g/mol. The molecule has 0 spiro atoms. The van der Waals surface area contributed by atoms with Crippen molar-refractivity contribution in [3.05, 3.63) is 69.8 Å². The topological polar surface area (TPSA) is 36.1 Å². The molecule has 1 atom stereocenters. The number of carbonyl (C=O) groups excluding carboxylic acids is 1. The van der Waals surface area contributed by atoms with Crippen molar-refractivity contribution in [3.63, 3.8) is 0 Å². The van der Waals surface area contributed by atoms with Crippen LogP contribution in [0.5, 0.6) is 0 Å². The molecule has 0 aliphatic carbocycles. The Kier molecular flexibility index (Phi) is 4.92. The first-order valence-corrected chi connectivity index (χ1v) is 9.68. The first kappa shape index (κ1) is 17.4. The summed E-state index contributed by atoms with van der Waals surface area (Å²) in [5.74, 6) is 0.137. The molecule has 1 N–H and O–H groups in total. The maximum atomic E-state index is 12.9. The van der Waals surface area contributed by atoms with Gasteiger partial charge in [0, 0.05) is 42.5 Å². The van der Waals surface area contributed by atoms with Gasteiger partial charge in [-0.15, -0.1) is 0 Å². The van der Waals surface area contributed by atoms with Crippen molar-refractivity contribution in [1.29, 1.82) is 0 Å². The Balaban J connectivity index is 1.75. The lowest BCUT2D eigenvalue weighted by Crippen LogP contribution is -2.29. The van der Waals surface area contributed by atoms with Gasteiger partial charge in [0.1, 0.15) is 0 Å². The van der Waals surface area contributed by atoms with E-state index in [-0.39, 0.29) is 11.8 Å². The van der Waals surface area contributed by atoms with Crippen molar-refractivity contribution < 1.29 is 4.79 Å². The highest BCUT2D eigenvalue weighted by Crippen LogP contribution is 2.36. The van der Waals surface area contributed by atoms with Crippen LogP contribution in [-0.2, 0) is 4.79 Å². The van der Waals surface area contributed by atoms with E-state index in [1.54, 1.807) is 6.07 Å². The quantitative estimate of drug-likeness (QED) is 0.620. The monoisotopic (exact) mass is 386 g/mol. The summed E-state index contributed by atoms with van der Waals surface area (Å²) < 4.78 is 0. The predicted molar refractivity (Wildman–Crippen MR) is 107 cm³/mol. The fourth-order valence-corrected chi connectivity index (χ4v) is 4.10. The number of halogens is 2. The molecular weight excluding hydrogens is 367 g/mol. The second kappa shape index (κ2) is 7.34. The van der Waals surface area contributed by atoms with Crippen molar-refractivity contribution in [2.75, 3.05) is 13.1 Å². The number of aromatic amines is 1. The summed E-state index contributed by atoms with van der Waals surface area (Å²) in [5, 5.41) is 2.18. The number of carbonyl (C=O) groups is 1. The number of nitrogens with zero attached hydrogens (tertiary/aromatic N) is 1. The number of rotatable bonds is 4. The van der Waals surface area contributed by atoms with Crippen LogP contribution in [-0.4, -0.2) is 28.9 Å². The van der Waals surface area contributed by atoms with Crippen LogP contribution in [0.3, 0.4) is 0 Å². The standard InChI is InChI=1S/C21H20Cl2N2O/c22-18-8-7-14(11-19(18)23)16(12-21(26)25-9-3-4-10-25)17-13-24-20-6-2-1-5-15(17)20/h1-2,5-8,11,13,16,24H,3-4,9-10,12H2/t16-/m1/s1. The lowest BCUT2D eigenvalue weighted by atomic mass is 9.88. The Labute approximate surface area is 162 Å². The largest absolute Gasteiger partial charge is 0.361 e. The summed E-state index contributed by atoms with van der Waals surface area (Å²) in [7, 11) is 0. The molecule has 0 saturated carbocycles. The molecule has 1 aromatic heterocycles. The van der Waals surface area contributed by atoms with E-state index in [9.17, 15) is 4.79 Å². The van der Waals surface area contributed by atoms with Crippen molar-refractivity contribution in [3.8, 4) is 0 Å². The summed E-state index contributed by atoms with van der Waals surface area (Å²) in [6, 6.07) is 13.8. The van der Waals surface area contributed by atoms with Crippen LogP contribution in [0.1, 0.15) is 36.3 Å². The number of hydrogen-bond donors (Lipinski definition) is 1. The number of nitrogens with one attached hydrogen (secondary N) is 1. The molecule has 2 aromatic carbocycles. The lowest BCUT2D eigenvalue weighted by molar-refractivity contribution is -0.130. The van der Waals surface area contributed by atoms with Gasteiger partial charge in [-0.25, -0.2) is 0 Å². The molecule has 1 fully saturated rings. The highest BCUT2D eigenvalue weighted by Gasteiger charge is 2.26. The third-order valence-electron chi connectivity index (χ3n) is 5.18. The van der Waals surface area contributed by atoms with Crippen LogP contribution in [0, 0.1) is 0 Å². The van der Waals surface area contributed by atoms with E-state index in [0.717, 1.165) is 48.0 Å². The Hall–Kier alpha value is -1.97. The van der Waals surface area contributed by atoms with Gasteiger partial charge >= 0.3 is 0 Å². The van der Waals surface area contributed by atoms with Gasteiger partial charge in [-0.2, -0.15) is 0 Å². The Morgan fingerprint density at radius 3 is 2.62 bits per heavy atom. The maximum Gasteiger partial charge on any atom is 0.223 e. The minimum atomic E-state index is -0.0611. The van der Waals surface area contributed by atoms with Gasteiger partial charge in [-0.05, 0) is 42.2 Å². The number of amides is 1. The molecule has 0 unspecified atom stereocenters. The maximum absolute atomic E-state index is 12.9. The molecule has 5 heteroatoms. The number of aromatic nitrogens is 1. The summed E-state index contributed by atoms with van der Waals surface area (Å²) in [6.07, 6.45) is 4.63. The third kappa shape index (κ3) is 3.34. The molecular formula is C21H20Cl2N2O. The highest BCUT2D eigenvalue weighted by molar-refractivity contribution is 6.42. The molecule has 4 rings (SSSR count). The molecule has 3 aromatic rings. The van der Waals surface area contributed by atoms with Gasteiger partial charge in [0.25, 0.3) is 0 Å². The van der Waals surface area contributed by atoms with Crippen LogP contribution in [0.25, 0.3) is 10.9 Å². The molecule has 1 saturated heterocycles. The van der Waals surface area contributed by atoms with Gasteiger partial charge in [0.05, 0.1) is 10.0 Å². The van der Waals surface area contributed by atoms with E-state index < -0.39 is 0 Å². The van der Waals surface area contributed by atoms with Crippen LogP contribution in [0.15, 0.2) is 48.7 Å². The second-order valence-electron chi connectivity index (χ2n) is 6.81. The fraction of sp³-hybridized carbons (Fsp3) is 0.286. The fourth-order valence-electron chi connectivity index (χ4n) is 3.79. The Morgan fingerprint density at radius 2 is 1.85 bits per heavy atom. The van der Waals surface area contributed by atoms with E-state index in [0.29, 0.717) is 16.5 Å². The van der Waals surface area contributed by atoms with Gasteiger partial charge in [-0.3, -0.25) is 4.79 Å². The van der Waals surface area contributed by atoms with Gasteiger partial charge < -0.3 is 9.88 Å². The van der Waals surface area contributed by atoms with Crippen LogP contribution >= 0.6 is 23.2 Å². The second-order valence-corrected chi connectivity index (χ2v) is 7.62. The SMILES string of the molecule is O=C(C[C@H](c1ccc(Cl)c(Cl)c1)c1c[nH]c2ccccc12)N1CCCC1. The molecule has 2 heterocycles. The lowest BCUT2D eigenvalue weighted by Gasteiger charge is -2.22. The summed E-state index contributed by atoms with van der Waals surface area (Å²) in [5.41, 5.74) is 3.20. The number of likely N-dealkylation sites (tertiary alicyclic amines) is 1. The Morgan fingerprint density at radius 1 is 1.08 bits per heavy atom. The molecule has 0 bridgehead atoms. The van der Waals surface area contributed by atoms with E-state index in [1.807, 2.05) is 41.4 Å². The Bertz CT molecular complexity index is 944. The molecule has 134 valence electrons. The number of fused-ring (bicyclic) bond motifs is 1. The van der Waals surface area contributed by atoms with E-state index in [1.165, 1.54) is 0 Å². The molecule has 1 amide bonds. The molecule has 1 aliphatic rings. The third-order valence-corrected chi connectivity index (χ3v) is 5.92. The van der Waals surface area contributed by atoms with E-state index in [4.69, 9.17) is 23.2 Å². The molecule has 26 heavy (non-hydrogen) atoms. The normalized spacial score (nSPS) is 15.5. The van der Waals surface area contributed by atoms with Gasteiger partial charge in [-0.1, -0.05) is 47.5 Å². The van der Waals surface area contributed by atoms with Crippen molar-refractivity contribution in [2.24, 2.45) is 0 Å². The van der Waals surface area contributed by atoms with Gasteiger partial charge in [0.2, 0.25) is 5.91 Å². The van der Waals surface area contributed by atoms with E-state index >= 15 is 0 Å². The zero-order chi connectivity index (χ0) is 18.1. The van der Waals surface area contributed by atoms with Crippen LogP contribution in [0.4, 0.5) is 0 Å². The number of H-pyrrole nitrogens is 1. The predicted octanol–water partition coefficient (Wildman–Crippen LogP) is 5.62. The number of para-hydroxylation sites is 1. The van der Waals surface area contributed by atoms with Crippen molar-refractivity contribution in [1.82, 2.24) is 9.88 Å². The molecule has 1 aliphatic heterocycles. The van der Waals surface area contributed by atoms with Crippen LogP contribution in [0.2, 0.25) is 10.0 Å². The van der Waals surface area contributed by atoms with Gasteiger partial charge in [0.15, 0.2) is 0 Å². The number of hydrogen-bond acceptors (Lipinski definition) is 1. The summed E-state index contributed by atoms with van der Waals surface area (Å²) in [6.45, 7) is 1.72. The molecule has 3 nitrogen and oxygen atoms in total.